The van der Waals surface area contributed by atoms with Crippen LogP contribution in [-0.4, -0.2) is 10.1 Å². The first-order valence-electron chi connectivity index (χ1n) is 6.42. The normalized spacial score (nSPS) is 11.3. The minimum atomic E-state index is 0.782. The number of H-pyrrole nitrogens is 1. The maximum absolute atomic E-state index is 5.15. The molecule has 0 saturated carbocycles. The Labute approximate surface area is 111 Å². The average Bonchev–Trinajstić information content (AvgIpc) is 2.99. The molecule has 19 heavy (non-hydrogen) atoms. The second kappa shape index (κ2) is 4.90. The molecule has 0 radical (unpaired) electrons. The molecule has 2 N–H and O–H groups in total. The number of nitrogens with zero attached hydrogens (tertiary/aromatic N) is 1. The van der Waals surface area contributed by atoms with Crippen molar-refractivity contribution in [1.29, 1.82) is 0 Å². The van der Waals surface area contributed by atoms with Gasteiger partial charge in [0, 0.05) is 30.4 Å². The summed E-state index contributed by atoms with van der Waals surface area (Å²) in [6.07, 6.45) is 1.96. The summed E-state index contributed by atoms with van der Waals surface area (Å²) in [5.74, 6) is 0.893. The van der Waals surface area contributed by atoms with Crippen LogP contribution in [0.25, 0.3) is 10.9 Å². The Morgan fingerprint density at radius 2 is 2.11 bits per heavy atom. The van der Waals surface area contributed by atoms with Gasteiger partial charge < -0.3 is 14.8 Å². The van der Waals surface area contributed by atoms with E-state index in [1.165, 1.54) is 16.5 Å². The fourth-order valence-corrected chi connectivity index (χ4v) is 2.29. The maximum atomic E-state index is 5.15. The van der Waals surface area contributed by atoms with Gasteiger partial charge in [0.05, 0.1) is 5.69 Å². The molecule has 1 aromatic carbocycles. The number of benzene rings is 1. The van der Waals surface area contributed by atoms with Crippen LogP contribution in [0.2, 0.25) is 0 Å². The van der Waals surface area contributed by atoms with Gasteiger partial charge in [-0.2, -0.15) is 0 Å². The Balaban J connectivity index is 1.66. The summed E-state index contributed by atoms with van der Waals surface area (Å²) in [4.78, 5) is 3.23. The Morgan fingerprint density at radius 1 is 1.21 bits per heavy atom. The molecule has 3 rings (SSSR count). The third-order valence-electron chi connectivity index (χ3n) is 3.43. The lowest BCUT2D eigenvalue weighted by Crippen LogP contribution is -2.13. The van der Waals surface area contributed by atoms with E-state index in [9.17, 15) is 0 Å². The van der Waals surface area contributed by atoms with Crippen molar-refractivity contribution in [3.05, 3.63) is 53.0 Å². The Kier molecular flexibility index (Phi) is 3.09. The molecule has 0 saturated heterocycles. The zero-order chi connectivity index (χ0) is 13.2. The highest BCUT2D eigenvalue weighted by molar-refractivity contribution is 5.79. The summed E-state index contributed by atoms with van der Waals surface area (Å²) < 4.78 is 5.15. The highest BCUT2D eigenvalue weighted by Gasteiger charge is 2.07. The van der Waals surface area contributed by atoms with Gasteiger partial charge in [0.1, 0.15) is 5.76 Å². The van der Waals surface area contributed by atoms with Crippen LogP contribution in [-0.2, 0) is 13.1 Å². The lowest BCUT2D eigenvalue weighted by atomic mass is 10.1. The van der Waals surface area contributed by atoms with Crippen LogP contribution >= 0.6 is 0 Å². The van der Waals surface area contributed by atoms with Gasteiger partial charge in [-0.05, 0) is 36.9 Å². The van der Waals surface area contributed by atoms with Gasteiger partial charge in [-0.15, -0.1) is 0 Å². The Bertz CT molecular complexity index is 677. The van der Waals surface area contributed by atoms with Gasteiger partial charge in [-0.25, -0.2) is 0 Å². The van der Waals surface area contributed by atoms with Crippen molar-refractivity contribution in [3.8, 4) is 0 Å². The fourth-order valence-electron chi connectivity index (χ4n) is 2.29. The molecule has 4 heteroatoms. The number of fused-ring (bicyclic) bond motifs is 1. The first-order valence-corrected chi connectivity index (χ1v) is 6.42. The van der Waals surface area contributed by atoms with Crippen molar-refractivity contribution >= 4 is 10.9 Å². The van der Waals surface area contributed by atoms with Gasteiger partial charge >= 0.3 is 0 Å². The molecule has 2 aromatic heterocycles. The topological polar surface area (TPSA) is 53.9 Å². The number of aryl methyl sites for hydroxylation is 2. The molecule has 98 valence electrons. The molecule has 0 aliphatic heterocycles. The van der Waals surface area contributed by atoms with Gasteiger partial charge in [0.15, 0.2) is 0 Å². The zero-order valence-electron chi connectivity index (χ0n) is 11.2. The molecule has 0 unspecified atom stereocenters. The van der Waals surface area contributed by atoms with E-state index in [2.05, 4.69) is 39.7 Å². The summed E-state index contributed by atoms with van der Waals surface area (Å²) in [6, 6.07) is 8.54. The lowest BCUT2D eigenvalue weighted by molar-refractivity contribution is 0.392. The molecule has 0 fully saturated rings. The van der Waals surface area contributed by atoms with E-state index in [4.69, 9.17) is 4.52 Å². The van der Waals surface area contributed by atoms with Crippen molar-refractivity contribution < 1.29 is 4.52 Å². The highest BCUT2D eigenvalue weighted by Crippen LogP contribution is 2.15. The number of hydrogen-bond acceptors (Lipinski definition) is 3. The molecular weight excluding hydrogens is 238 g/mol. The van der Waals surface area contributed by atoms with Gasteiger partial charge in [0.25, 0.3) is 0 Å². The number of hydrogen-bond donors (Lipinski definition) is 2. The molecule has 0 aliphatic carbocycles. The second-order valence-corrected chi connectivity index (χ2v) is 4.81. The highest BCUT2D eigenvalue weighted by atomic mass is 16.5. The van der Waals surface area contributed by atoms with E-state index < -0.39 is 0 Å². The fraction of sp³-hybridized carbons (Fsp3) is 0.267. The number of rotatable bonds is 4. The molecule has 0 spiro atoms. The van der Waals surface area contributed by atoms with Crippen LogP contribution in [0.5, 0.6) is 0 Å². The smallest absolute Gasteiger partial charge is 0.138 e. The van der Waals surface area contributed by atoms with Gasteiger partial charge in [0.2, 0.25) is 0 Å². The number of aromatic amines is 1. The van der Waals surface area contributed by atoms with E-state index in [1.807, 2.05) is 20.0 Å². The Morgan fingerprint density at radius 3 is 2.89 bits per heavy atom. The minimum Gasteiger partial charge on any atom is -0.361 e. The van der Waals surface area contributed by atoms with E-state index in [1.54, 1.807) is 0 Å². The summed E-state index contributed by atoms with van der Waals surface area (Å²) in [7, 11) is 0. The number of aromatic nitrogens is 2. The molecule has 0 aliphatic rings. The standard InChI is InChI=1S/C15H17N3O/c1-10-14(11(2)19-18-10)9-16-8-12-3-4-13-5-6-17-15(13)7-12/h3-7,16-17H,8-9H2,1-2H3. The van der Waals surface area contributed by atoms with E-state index >= 15 is 0 Å². The van der Waals surface area contributed by atoms with Crippen molar-refractivity contribution in [3.63, 3.8) is 0 Å². The third kappa shape index (κ3) is 2.39. The van der Waals surface area contributed by atoms with Gasteiger partial charge in [-0.3, -0.25) is 0 Å². The van der Waals surface area contributed by atoms with E-state index in [0.717, 1.165) is 30.1 Å². The molecule has 2 heterocycles. The van der Waals surface area contributed by atoms with Crippen LogP contribution < -0.4 is 5.32 Å². The molecule has 0 amide bonds. The van der Waals surface area contributed by atoms with Crippen molar-refractivity contribution in [2.75, 3.05) is 0 Å². The van der Waals surface area contributed by atoms with Crippen LogP contribution in [0.15, 0.2) is 35.0 Å². The molecular formula is C15H17N3O. The summed E-state index contributed by atoms with van der Waals surface area (Å²) in [5.41, 5.74) is 4.56. The average molecular weight is 255 g/mol. The van der Waals surface area contributed by atoms with Crippen molar-refractivity contribution in [2.45, 2.75) is 26.9 Å². The zero-order valence-corrected chi connectivity index (χ0v) is 11.2. The number of nitrogens with one attached hydrogen (secondary N) is 2. The summed E-state index contributed by atoms with van der Waals surface area (Å²) in [6.45, 7) is 5.53. The molecule has 0 bridgehead atoms. The van der Waals surface area contributed by atoms with Crippen LogP contribution in [0, 0.1) is 13.8 Å². The predicted molar refractivity (Wildman–Crippen MR) is 74.8 cm³/mol. The SMILES string of the molecule is Cc1noc(C)c1CNCc1ccc2cc[nH]c2c1. The van der Waals surface area contributed by atoms with Gasteiger partial charge in [-0.1, -0.05) is 17.3 Å². The maximum Gasteiger partial charge on any atom is 0.138 e. The molecule has 4 nitrogen and oxygen atoms in total. The Hall–Kier alpha value is -2.07. The van der Waals surface area contributed by atoms with Crippen molar-refractivity contribution in [2.24, 2.45) is 0 Å². The second-order valence-electron chi connectivity index (χ2n) is 4.81. The minimum absolute atomic E-state index is 0.782. The first kappa shape index (κ1) is 12.0. The lowest BCUT2D eigenvalue weighted by Gasteiger charge is -2.05. The first-order chi connectivity index (χ1) is 9.24. The monoisotopic (exact) mass is 255 g/mol. The predicted octanol–water partition coefficient (Wildman–Crippen LogP) is 3.06. The summed E-state index contributed by atoms with van der Waals surface area (Å²) >= 11 is 0. The van der Waals surface area contributed by atoms with Crippen LogP contribution in [0.4, 0.5) is 0 Å². The summed E-state index contributed by atoms with van der Waals surface area (Å²) in [5, 5.41) is 8.63. The van der Waals surface area contributed by atoms with E-state index in [0.29, 0.717) is 0 Å². The van der Waals surface area contributed by atoms with Crippen LogP contribution in [0.1, 0.15) is 22.6 Å². The molecule has 3 aromatic rings. The quantitative estimate of drug-likeness (QED) is 0.753. The van der Waals surface area contributed by atoms with Crippen molar-refractivity contribution in [1.82, 2.24) is 15.5 Å². The van der Waals surface area contributed by atoms with Crippen LogP contribution in [0.3, 0.4) is 0 Å². The van der Waals surface area contributed by atoms with E-state index in [-0.39, 0.29) is 0 Å². The largest absolute Gasteiger partial charge is 0.361 e. The third-order valence-corrected chi connectivity index (χ3v) is 3.43. The molecule has 0 atom stereocenters.